The third kappa shape index (κ3) is 3.67. The number of ether oxygens (including phenoxy) is 1. The van der Waals surface area contributed by atoms with Gasteiger partial charge >= 0.3 is 0 Å². The highest BCUT2D eigenvalue weighted by molar-refractivity contribution is 7.99. The Morgan fingerprint density at radius 3 is 2.61 bits per heavy atom. The van der Waals surface area contributed by atoms with Gasteiger partial charge in [0.15, 0.2) is 0 Å². The van der Waals surface area contributed by atoms with Crippen LogP contribution in [0, 0.1) is 5.92 Å². The first-order valence-electron chi connectivity index (χ1n) is 6.28. The normalized spacial score (nSPS) is 16.3. The first-order chi connectivity index (χ1) is 8.79. The van der Waals surface area contributed by atoms with E-state index in [1.165, 1.54) is 0 Å². The molecule has 0 spiro atoms. The lowest BCUT2D eigenvalue weighted by Crippen LogP contribution is -2.32. The molecule has 1 amide bonds. The number of nitrogens with one attached hydrogen (secondary N) is 1. The minimum absolute atomic E-state index is 0.200. The maximum Gasteiger partial charge on any atom is 0.223 e. The third-order valence-corrected chi connectivity index (χ3v) is 4.27. The molecule has 1 saturated heterocycles. The summed E-state index contributed by atoms with van der Waals surface area (Å²) >= 11 is 1.94. The van der Waals surface area contributed by atoms with E-state index in [2.05, 4.69) is 5.32 Å². The van der Waals surface area contributed by atoms with E-state index in [4.69, 9.17) is 4.74 Å². The summed E-state index contributed by atoms with van der Waals surface area (Å²) in [5.41, 5.74) is 1.11. The summed E-state index contributed by atoms with van der Waals surface area (Å²) in [5, 5.41) is 3.02. The lowest BCUT2D eigenvalue weighted by Gasteiger charge is -2.20. The Morgan fingerprint density at radius 2 is 2.00 bits per heavy atom. The molecule has 4 heteroatoms. The summed E-state index contributed by atoms with van der Waals surface area (Å²) in [6.07, 6.45) is 2.03. The van der Waals surface area contributed by atoms with Crippen LogP contribution in [0.5, 0.6) is 5.75 Å². The largest absolute Gasteiger partial charge is 0.497 e. The fraction of sp³-hybridized carbons (Fsp3) is 0.500. The second-order valence-electron chi connectivity index (χ2n) is 4.45. The second kappa shape index (κ2) is 6.69. The Balaban J connectivity index is 1.80. The van der Waals surface area contributed by atoms with Crippen molar-refractivity contribution >= 4 is 17.7 Å². The maximum absolute atomic E-state index is 11.9. The summed E-state index contributed by atoms with van der Waals surface area (Å²) < 4.78 is 5.10. The average molecular weight is 265 g/mol. The molecule has 3 nitrogen and oxygen atoms in total. The molecule has 0 aliphatic carbocycles. The molecule has 0 atom stereocenters. The van der Waals surface area contributed by atoms with Crippen molar-refractivity contribution in [1.82, 2.24) is 5.32 Å². The van der Waals surface area contributed by atoms with Crippen molar-refractivity contribution in [3.63, 3.8) is 0 Å². The quantitative estimate of drug-likeness (QED) is 0.909. The molecule has 98 valence electrons. The fourth-order valence-electron chi connectivity index (χ4n) is 2.04. The van der Waals surface area contributed by atoms with Crippen LogP contribution in [0.3, 0.4) is 0 Å². The van der Waals surface area contributed by atoms with Crippen molar-refractivity contribution in [2.24, 2.45) is 5.92 Å². The van der Waals surface area contributed by atoms with Gasteiger partial charge in [0.1, 0.15) is 5.75 Å². The molecule has 1 heterocycles. The molecule has 1 N–H and O–H groups in total. The van der Waals surface area contributed by atoms with Crippen LogP contribution in [0.25, 0.3) is 0 Å². The predicted molar refractivity (Wildman–Crippen MR) is 74.9 cm³/mol. The number of thioether (sulfide) groups is 1. The van der Waals surface area contributed by atoms with E-state index in [1.54, 1.807) is 7.11 Å². The van der Waals surface area contributed by atoms with E-state index in [9.17, 15) is 4.79 Å². The Kier molecular flexibility index (Phi) is 4.93. The molecule has 0 aromatic heterocycles. The van der Waals surface area contributed by atoms with Crippen molar-refractivity contribution in [2.45, 2.75) is 19.4 Å². The summed E-state index contributed by atoms with van der Waals surface area (Å²) in [6, 6.07) is 7.79. The molecule has 0 radical (unpaired) electrons. The molecule has 1 aliphatic heterocycles. The summed E-state index contributed by atoms with van der Waals surface area (Å²) in [4.78, 5) is 11.9. The number of hydrogen-bond acceptors (Lipinski definition) is 3. The van der Waals surface area contributed by atoms with Crippen LogP contribution in [0.2, 0.25) is 0 Å². The number of amides is 1. The van der Waals surface area contributed by atoms with Crippen molar-refractivity contribution in [1.29, 1.82) is 0 Å². The molecule has 1 aromatic carbocycles. The van der Waals surface area contributed by atoms with Gasteiger partial charge in [0.2, 0.25) is 5.91 Å². The van der Waals surface area contributed by atoms with Crippen molar-refractivity contribution in [3.8, 4) is 5.75 Å². The van der Waals surface area contributed by atoms with Crippen molar-refractivity contribution in [2.75, 3.05) is 18.6 Å². The van der Waals surface area contributed by atoms with Gasteiger partial charge in [-0.1, -0.05) is 12.1 Å². The van der Waals surface area contributed by atoms with Crippen LogP contribution in [0.15, 0.2) is 24.3 Å². The number of benzene rings is 1. The average Bonchev–Trinajstić information content (AvgIpc) is 2.46. The first-order valence-corrected chi connectivity index (χ1v) is 7.43. The zero-order valence-corrected chi connectivity index (χ0v) is 11.5. The lowest BCUT2D eigenvalue weighted by atomic mass is 10.0. The maximum atomic E-state index is 11.9. The Labute approximate surface area is 112 Å². The standard InChI is InChI=1S/C14H19NO2S/c1-17-13-4-2-11(3-5-13)10-15-14(16)12-6-8-18-9-7-12/h2-5,12H,6-10H2,1H3,(H,15,16). The number of methoxy groups -OCH3 is 1. The van der Waals surface area contributed by atoms with E-state index >= 15 is 0 Å². The van der Waals surface area contributed by atoms with Crippen LogP contribution in [0.1, 0.15) is 18.4 Å². The third-order valence-electron chi connectivity index (χ3n) is 3.22. The number of carbonyl (C=O) groups excluding carboxylic acids is 1. The molecule has 1 aromatic rings. The van der Waals surface area contributed by atoms with Gasteiger partial charge in [-0.15, -0.1) is 0 Å². The van der Waals surface area contributed by atoms with Gasteiger partial charge in [0.25, 0.3) is 0 Å². The number of carbonyl (C=O) groups is 1. The Hall–Kier alpha value is -1.16. The molecule has 18 heavy (non-hydrogen) atoms. The molecule has 1 fully saturated rings. The molecular weight excluding hydrogens is 246 g/mol. The smallest absolute Gasteiger partial charge is 0.223 e. The van der Waals surface area contributed by atoms with Crippen LogP contribution < -0.4 is 10.1 Å². The zero-order valence-electron chi connectivity index (χ0n) is 10.6. The predicted octanol–water partition coefficient (Wildman–Crippen LogP) is 2.45. The van der Waals surface area contributed by atoms with Gasteiger partial charge < -0.3 is 10.1 Å². The molecular formula is C14H19NO2S. The lowest BCUT2D eigenvalue weighted by molar-refractivity contribution is -0.125. The summed E-state index contributed by atoms with van der Waals surface area (Å²) in [6.45, 7) is 0.604. The number of hydrogen-bond donors (Lipinski definition) is 1. The topological polar surface area (TPSA) is 38.3 Å². The van der Waals surface area contributed by atoms with E-state index in [0.29, 0.717) is 6.54 Å². The van der Waals surface area contributed by atoms with Crippen LogP contribution >= 0.6 is 11.8 Å². The highest BCUT2D eigenvalue weighted by atomic mass is 32.2. The summed E-state index contributed by atoms with van der Waals surface area (Å²) in [5.74, 6) is 3.48. The first kappa shape index (κ1) is 13.3. The van der Waals surface area contributed by atoms with Gasteiger partial charge in [-0.25, -0.2) is 0 Å². The van der Waals surface area contributed by atoms with Gasteiger partial charge in [0, 0.05) is 12.5 Å². The minimum Gasteiger partial charge on any atom is -0.497 e. The Bertz CT molecular complexity index is 385. The second-order valence-corrected chi connectivity index (χ2v) is 5.68. The minimum atomic E-state index is 0.200. The molecule has 1 aliphatic rings. The zero-order chi connectivity index (χ0) is 12.8. The molecule has 0 unspecified atom stereocenters. The van der Waals surface area contributed by atoms with E-state index in [0.717, 1.165) is 35.7 Å². The van der Waals surface area contributed by atoms with E-state index in [1.807, 2.05) is 36.0 Å². The van der Waals surface area contributed by atoms with Crippen LogP contribution in [-0.2, 0) is 11.3 Å². The fourth-order valence-corrected chi connectivity index (χ4v) is 3.14. The SMILES string of the molecule is COc1ccc(CNC(=O)C2CCSCC2)cc1. The van der Waals surface area contributed by atoms with Gasteiger partial charge in [-0.3, -0.25) is 4.79 Å². The number of rotatable bonds is 4. The van der Waals surface area contributed by atoms with Crippen molar-refractivity contribution in [3.05, 3.63) is 29.8 Å². The Morgan fingerprint density at radius 1 is 1.33 bits per heavy atom. The van der Waals surface area contributed by atoms with E-state index in [-0.39, 0.29) is 11.8 Å². The van der Waals surface area contributed by atoms with Crippen LogP contribution in [0.4, 0.5) is 0 Å². The molecule has 2 rings (SSSR count). The molecule has 0 saturated carbocycles. The monoisotopic (exact) mass is 265 g/mol. The van der Waals surface area contributed by atoms with Gasteiger partial charge in [-0.05, 0) is 42.0 Å². The van der Waals surface area contributed by atoms with Gasteiger partial charge in [0.05, 0.1) is 7.11 Å². The highest BCUT2D eigenvalue weighted by Crippen LogP contribution is 2.22. The molecule has 0 bridgehead atoms. The summed E-state index contributed by atoms with van der Waals surface area (Å²) in [7, 11) is 1.65. The van der Waals surface area contributed by atoms with Gasteiger partial charge in [-0.2, -0.15) is 11.8 Å². The van der Waals surface area contributed by atoms with Crippen LogP contribution in [-0.4, -0.2) is 24.5 Å². The van der Waals surface area contributed by atoms with Crippen molar-refractivity contribution < 1.29 is 9.53 Å². The highest BCUT2D eigenvalue weighted by Gasteiger charge is 2.20. The van der Waals surface area contributed by atoms with E-state index < -0.39 is 0 Å².